The van der Waals surface area contributed by atoms with Crippen LogP contribution in [-0.2, 0) is 23.7 Å². The fourth-order valence-electron chi connectivity index (χ4n) is 11.3. The summed E-state index contributed by atoms with van der Waals surface area (Å²) in [6, 6.07) is -0.822. The van der Waals surface area contributed by atoms with Gasteiger partial charge in [-0.3, -0.25) is 4.79 Å². The van der Waals surface area contributed by atoms with Crippen LogP contribution in [-0.4, -0.2) is 140 Å². The Hall–Kier alpha value is -1.01. The molecule has 0 spiro atoms. The van der Waals surface area contributed by atoms with E-state index in [0.717, 1.165) is 51.4 Å². The van der Waals surface area contributed by atoms with E-state index < -0.39 is 86.8 Å². The van der Waals surface area contributed by atoms with Gasteiger partial charge in [0.1, 0.15) is 48.8 Å². The highest BCUT2D eigenvalue weighted by Crippen LogP contribution is 2.30. The van der Waals surface area contributed by atoms with Crippen LogP contribution in [0.25, 0.3) is 0 Å². The number of aliphatic hydroxyl groups is 8. The normalized spacial score (nSPS) is 24.6. The summed E-state index contributed by atoms with van der Waals surface area (Å²) in [6.07, 6.45) is 39.8. The molecule has 458 valence electrons. The summed E-state index contributed by atoms with van der Waals surface area (Å²) in [4.78, 5) is 13.3. The molecule has 2 aliphatic heterocycles. The van der Waals surface area contributed by atoms with Gasteiger partial charge >= 0.3 is 0 Å². The maximum Gasteiger partial charge on any atom is 0.220 e. The van der Waals surface area contributed by atoms with Crippen molar-refractivity contribution < 1.29 is 64.6 Å². The fourth-order valence-corrected chi connectivity index (χ4v) is 11.3. The summed E-state index contributed by atoms with van der Waals surface area (Å²) >= 11 is 0. The molecule has 2 saturated heterocycles. The molecule has 9 N–H and O–H groups in total. The summed E-state index contributed by atoms with van der Waals surface area (Å²) in [5, 5.41) is 87.3. The number of ether oxygens (including phenoxy) is 4. The number of amides is 1. The highest BCUT2D eigenvalue weighted by atomic mass is 16.7. The summed E-state index contributed by atoms with van der Waals surface area (Å²) in [6.45, 7) is 2.90. The van der Waals surface area contributed by atoms with Gasteiger partial charge in [0.05, 0.1) is 32.0 Å². The molecule has 14 nitrogen and oxygen atoms in total. The van der Waals surface area contributed by atoms with Crippen molar-refractivity contribution in [3.63, 3.8) is 0 Å². The topological polar surface area (TPSA) is 228 Å². The highest BCUT2D eigenvalue weighted by molar-refractivity contribution is 5.76. The lowest BCUT2D eigenvalue weighted by atomic mass is 9.97. The van der Waals surface area contributed by atoms with Crippen LogP contribution in [0.4, 0.5) is 0 Å². The van der Waals surface area contributed by atoms with Crippen molar-refractivity contribution in [2.45, 2.75) is 376 Å². The maximum absolute atomic E-state index is 13.3. The first-order chi connectivity index (χ1) is 37.6. The Kier molecular flexibility index (Phi) is 46.4. The smallest absolute Gasteiger partial charge is 0.220 e. The minimum Gasteiger partial charge on any atom is -0.394 e. The molecule has 0 radical (unpaired) electrons. The van der Waals surface area contributed by atoms with Gasteiger partial charge in [0, 0.05) is 6.42 Å². The summed E-state index contributed by atoms with van der Waals surface area (Å²) in [5.74, 6) is -0.201. The highest BCUT2D eigenvalue weighted by Gasteiger charge is 2.51. The second-order valence-corrected chi connectivity index (χ2v) is 23.6. The predicted octanol–water partition coefficient (Wildman–Crippen LogP) is 12.1. The van der Waals surface area contributed by atoms with E-state index in [0.29, 0.717) is 12.8 Å². The van der Waals surface area contributed by atoms with Crippen LogP contribution >= 0.6 is 0 Å². The number of unbranched alkanes of at least 4 members (excludes halogenated alkanes) is 41. The van der Waals surface area contributed by atoms with Gasteiger partial charge in [0.15, 0.2) is 12.6 Å². The first-order valence-corrected chi connectivity index (χ1v) is 32.8. The van der Waals surface area contributed by atoms with Crippen LogP contribution < -0.4 is 5.32 Å². The van der Waals surface area contributed by atoms with E-state index in [1.54, 1.807) is 0 Å². The predicted molar refractivity (Wildman–Crippen MR) is 309 cm³/mol. The Morgan fingerprint density at radius 1 is 0.416 bits per heavy atom. The largest absolute Gasteiger partial charge is 0.394 e. The molecule has 0 saturated carbocycles. The first-order valence-electron chi connectivity index (χ1n) is 32.8. The summed E-state index contributed by atoms with van der Waals surface area (Å²) in [5.41, 5.74) is 0. The lowest BCUT2D eigenvalue weighted by Gasteiger charge is -2.46. The fraction of sp³-hybridized carbons (Fsp3) is 0.984. The van der Waals surface area contributed by atoms with Crippen LogP contribution in [0.1, 0.15) is 303 Å². The third-order valence-corrected chi connectivity index (χ3v) is 16.6. The molecule has 2 fully saturated rings. The standard InChI is InChI=1S/C63H123NO13/c1-3-5-7-9-11-13-15-17-18-19-20-21-22-23-24-25-26-27-28-29-30-31-32-33-35-36-38-40-42-44-46-52(67)51(64-55(68)47-45-43-41-39-37-34-16-14-12-10-8-6-4-2)50-74-62-60(73)58(71)61(54(49-66)76-62)77-63-59(72)57(70)56(69)53(48-65)75-63/h51-54,56-63,65-67,69-73H,3-50H2,1-2H3,(H,64,68). The van der Waals surface area contributed by atoms with E-state index in [1.807, 2.05) is 0 Å². The molecule has 12 unspecified atom stereocenters. The maximum atomic E-state index is 13.3. The lowest BCUT2D eigenvalue weighted by molar-refractivity contribution is -0.359. The zero-order chi connectivity index (χ0) is 56.0. The Labute approximate surface area is 470 Å². The SMILES string of the molecule is CCCCCCCCCCCCCCCCCCCCCCCCCCCCCCCCC(O)C(COC1OC(CO)C(OC2OC(CO)C(O)C(O)C2O)C(O)C1O)NC(=O)CCCCCCCCCCCCCCC. The van der Waals surface area contributed by atoms with Crippen molar-refractivity contribution in [1.82, 2.24) is 5.32 Å². The zero-order valence-electron chi connectivity index (χ0n) is 49.5. The molecule has 0 aromatic rings. The van der Waals surface area contributed by atoms with E-state index in [-0.39, 0.29) is 12.5 Å². The molecule has 2 heterocycles. The number of hydrogen-bond donors (Lipinski definition) is 9. The van der Waals surface area contributed by atoms with Crippen molar-refractivity contribution in [2.24, 2.45) is 0 Å². The Balaban J connectivity index is 1.64. The molecule has 77 heavy (non-hydrogen) atoms. The van der Waals surface area contributed by atoms with Gasteiger partial charge in [-0.15, -0.1) is 0 Å². The van der Waals surface area contributed by atoms with Crippen LogP contribution in [0, 0.1) is 0 Å². The summed E-state index contributed by atoms with van der Waals surface area (Å²) in [7, 11) is 0. The molecule has 0 aliphatic carbocycles. The number of hydrogen-bond acceptors (Lipinski definition) is 13. The van der Waals surface area contributed by atoms with Crippen molar-refractivity contribution in [2.75, 3.05) is 19.8 Å². The lowest BCUT2D eigenvalue weighted by Crippen LogP contribution is -2.65. The second-order valence-electron chi connectivity index (χ2n) is 23.6. The molecule has 2 aliphatic rings. The molecule has 0 aromatic heterocycles. The van der Waals surface area contributed by atoms with Crippen molar-refractivity contribution in [3.8, 4) is 0 Å². The van der Waals surface area contributed by atoms with Gasteiger partial charge in [-0.1, -0.05) is 284 Å². The van der Waals surface area contributed by atoms with Gasteiger partial charge in [-0.2, -0.15) is 0 Å². The van der Waals surface area contributed by atoms with E-state index in [1.165, 1.54) is 225 Å². The quantitative estimate of drug-likeness (QED) is 0.0259. The van der Waals surface area contributed by atoms with E-state index in [4.69, 9.17) is 18.9 Å². The number of rotatable bonds is 54. The van der Waals surface area contributed by atoms with E-state index in [9.17, 15) is 45.6 Å². The van der Waals surface area contributed by atoms with Gasteiger partial charge in [0.2, 0.25) is 5.91 Å². The van der Waals surface area contributed by atoms with Crippen LogP contribution in [0.5, 0.6) is 0 Å². The monoisotopic (exact) mass is 1100 g/mol. The van der Waals surface area contributed by atoms with Gasteiger partial charge in [0.25, 0.3) is 0 Å². The molecule has 0 bridgehead atoms. The first kappa shape index (κ1) is 72.1. The van der Waals surface area contributed by atoms with Gasteiger partial charge < -0.3 is 65.1 Å². The van der Waals surface area contributed by atoms with Crippen LogP contribution in [0.15, 0.2) is 0 Å². The molecular formula is C63H123NO13. The number of nitrogens with one attached hydrogen (secondary N) is 1. The van der Waals surface area contributed by atoms with Crippen LogP contribution in [0.2, 0.25) is 0 Å². The molecular weight excluding hydrogens is 979 g/mol. The average Bonchev–Trinajstić information content (AvgIpc) is 3.43. The molecule has 2 rings (SSSR count). The third kappa shape index (κ3) is 34.9. The zero-order valence-corrected chi connectivity index (χ0v) is 49.5. The minimum atomic E-state index is -1.78. The molecule has 0 aromatic carbocycles. The molecule has 14 heteroatoms. The second kappa shape index (κ2) is 49.6. The number of aliphatic hydroxyl groups excluding tert-OH is 8. The van der Waals surface area contributed by atoms with Gasteiger partial charge in [-0.25, -0.2) is 0 Å². The number of carbonyl (C=O) groups excluding carboxylic acids is 1. The van der Waals surface area contributed by atoms with E-state index in [2.05, 4.69) is 19.2 Å². The van der Waals surface area contributed by atoms with Crippen molar-refractivity contribution >= 4 is 5.91 Å². The summed E-state index contributed by atoms with van der Waals surface area (Å²) < 4.78 is 22.9. The average molecular weight is 1100 g/mol. The Bertz CT molecular complexity index is 1300. The number of carbonyl (C=O) groups is 1. The van der Waals surface area contributed by atoms with Gasteiger partial charge in [-0.05, 0) is 12.8 Å². The third-order valence-electron chi connectivity index (χ3n) is 16.6. The van der Waals surface area contributed by atoms with Crippen molar-refractivity contribution in [3.05, 3.63) is 0 Å². The Morgan fingerprint density at radius 2 is 0.740 bits per heavy atom. The Morgan fingerprint density at radius 3 is 1.10 bits per heavy atom. The van der Waals surface area contributed by atoms with E-state index >= 15 is 0 Å². The van der Waals surface area contributed by atoms with Crippen LogP contribution in [0.3, 0.4) is 0 Å². The minimum absolute atomic E-state index is 0.201. The molecule has 1 amide bonds. The molecule has 12 atom stereocenters. The van der Waals surface area contributed by atoms with Crippen molar-refractivity contribution in [1.29, 1.82) is 0 Å².